The van der Waals surface area contributed by atoms with Gasteiger partial charge in [0.2, 0.25) is 0 Å². The van der Waals surface area contributed by atoms with E-state index in [9.17, 15) is 8.78 Å². The highest BCUT2D eigenvalue weighted by Crippen LogP contribution is 2.39. The van der Waals surface area contributed by atoms with Gasteiger partial charge in [0, 0.05) is 25.9 Å². The first kappa shape index (κ1) is 27.4. The highest BCUT2D eigenvalue weighted by Gasteiger charge is 2.42. The van der Waals surface area contributed by atoms with E-state index in [1.165, 1.54) is 37.8 Å². The summed E-state index contributed by atoms with van der Waals surface area (Å²) < 4.78 is 45.8. The van der Waals surface area contributed by atoms with Crippen LogP contribution in [0.15, 0.2) is 42.5 Å². The van der Waals surface area contributed by atoms with Crippen molar-refractivity contribution in [3.05, 3.63) is 59.7 Å². The normalized spacial score (nSPS) is 12.8. The molecular formula is C28H40F2O3. The molecule has 33 heavy (non-hydrogen) atoms. The van der Waals surface area contributed by atoms with Crippen molar-refractivity contribution in [2.45, 2.75) is 84.5 Å². The maximum absolute atomic E-state index is 13.7. The number of ether oxygens (including phenoxy) is 3. The van der Waals surface area contributed by atoms with Gasteiger partial charge in [0.15, 0.2) is 0 Å². The summed E-state index contributed by atoms with van der Waals surface area (Å²) >= 11 is 0. The third kappa shape index (κ3) is 8.16. The van der Waals surface area contributed by atoms with E-state index in [1.807, 2.05) is 45.0 Å². The molecular weight excluding hydrogens is 422 g/mol. The molecule has 0 amide bonds. The van der Waals surface area contributed by atoms with Crippen LogP contribution in [0.5, 0.6) is 0 Å². The molecule has 0 saturated heterocycles. The summed E-state index contributed by atoms with van der Waals surface area (Å²) in [6, 6.07) is 11.3. The summed E-state index contributed by atoms with van der Waals surface area (Å²) in [5.41, 5.74) is 2.29. The van der Waals surface area contributed by atoms with Crippen molar-refractivity contribution in [3.8, 4) is 11.1 Å². The average Bonchev–Trinajstić information content (AvgIpc) is 2.78. The Kier molecular flexibility index (Phi) is 12.0. The second kappa shape index (κ2) is 14.4. The largest absolute Gasteiger partial charge is 0.327 e. The predicted octanol–water partition coefficient (Wildman–Crippen LogP) is 8.23. The lowest BCUT2D eigenvalue weighted by molar-refractivity contribution is -0.389. The number of unbranched alkanes of at least 4 members (excludes halogenated alkanes) is 5. The first-order valence-corrected chi connectivity index (χ1v) is 12.5. The highest BCUT2D eigenvalue weighted by atomic mass is 19.1. The molecule has 0 N–H and O–H groups in total. The molecule has 2 aromatic carbocycles. The molecule has 0 aliphatic carbocycles. The molecule has 0 aliphatic rings. The van der Waals surface area contributed by atoms with E-state index in [2.05, 4.69) is 6.92 Å². The van der Waals surface area contributed by atoms with Gasteiger partial charge in [-0.2, -0.15) is 0 Å². The monoisotopic (exact) mass is 462 g/mol. The van der Waals surface area contributed by atoms with E-state index in [1.54, 1.807) is 0 Å². The first-order valence-electron chi connectivity index (χ1n) is 12.5. The summed E-state index contributed by atoms with van der Waals surface area (Å²) in [4.78, 5) is 0. The van der Waals surface area contributed by atoms with Crippen LogP contribution in [0.2, 0.25) is 0 Å². The Morgan fingerprint density at radius 3 is 1.70 bits per heavy atom. The van der Waals surface area contributed by atoms with E-state index in [0.717, 1.165) is 36.5 Å². The van der Waals surface area contributed by atoms with Gasteiger partial charge in [-0.05, 0) is 56.0 Å². The fourth-order valence-electron chi connectivity index (χ4n) is 4.34. The van der Waals surface area contributed by atoms with E-state index in [0.29, 0.717) is 25.4 Å². The van der Waals surface area contributed by atoms with Crippen molar-refractivity contribution in [3.63, 3.8) is 0 Å². The summed E-state index contributed by atoms with van der Waals surface area (Å²) in [5, 5.41) is 0. The minimum Gasteiger partial charge on any atom is -0.327 e. The summed E-state index contributed by atoms with van der Waals surface area (Å²) in [7, 11) is 0. The van der Waals surface area contributed by atoms with Crippen molar-refractivity contribution in [1.29, 1.82) is 0 Å². The van der Waals surface area contributed by atoms with Crippen molar-refractivity contribution in [2.24, 2.45) is 0 Å². The first-order chi connectivity index (χ1) is 16.0. The topological polar surface area (TPSA) is 27.7 Å². The van der Waals surface area contributed by atoms with Gasteiger partial charge in [0.05, 0.1) is 5.92 Å². The molecule has 0 saturated carbocycles. The fraction of sp³-hybridized carbons (Fsp3) is 0.571. The van der Waals surface area contributed by atoms with Gasteiger partial charge in [-0.15, -0.1) is 0 Å². The van der Waals surface area contributed by atoms with Crippen molar-refractivity contribution in [2.75, 3.05) is 19.8 Å². The zero-order chi connectivity index (χ0) is 24.1. The van der Waals surface area contributed by atoms with Gasteiger partial charge in [0.25, 0.3) is 5.97 Å². The molecule has 0 spiro atoms. The van der Waals surface area contributed by atoms with E-state index in [-0.39, 0.29) is 5.92 Å². The van der Waals surface area contributed by atoms with Crippen LogP contribution >= 0.6 is 0 Å². The highest BCUT2D eigenvalue weighted by molar-refractivity contribution is 5.64. The summed E-state index contributed by atoms with van der Waals surface area (Å²) in [5.74, 6) is -2.45. The zero-order valence-corrected chi connectivity index (χ0v) is 20.7. The minimum atomic E-state index is -1.16. The second-order valence-corrected chi connectivity index (χ2v) is 8.29. The maximum atomic E-state index is 13.7. The lowest BCUT2D eigenvalue weighted by Gasteiger charge is -2.39. The SMILES string of the molecule is CCCCCCCCC(c1ccc(-c2cc(F)cc(F)c2)cc1)C(OCC)(OCC)OCC. The molecule has 2 rings (SSSR count). The van der Waals surface area contributed by atoms with Crippen LogP contribution in [0.3, 0.4) is 0 Å². The van der Waals surface area contributed by atoms with Gasteiger partial charge < -0.3 is 14.2 Å². The lowest BCUT2D eigenvalue weighted by Crippen LogP contribution is -2.45. The predicted molar refractivity (Wildman–Crippen MR) is 130 cm³/mol. The van der Waals surface area contributed by atoms with Gasteiger partial charge in [-0.25, -0.2) is 8.78 Å². The van der Waals surface area contributed by atoms with Crippen LogP contribution in [0.25, 0.3) is 11.1 Å². The van der Waals surface area contributed by atoms with Gasteiger partial charge in [-0.3, -0.25) is 0 Å². The molecule has 0 bridgehead atoms. The third-order valence-corrected chi connectivity index (χ3v) is 5.82. The van der Waals surface area contributed by atoms with Crippen molar-refractivity contribution >= 4 is 0 Å². The maximum Gasteiger partial charge on any atom is 0.290 e. The standard InChI is InChI=1S/C28H40F2O3/c1-5-9-10-11-12-13-14-27(28(31-6-2,32-7-3)33-8-4)23-17-15-22(16-18-23)24-19-25(29)21-26(30)20-24/h15-21,27H,5-14H2,1-4H3. The second-order valence-electron chi connectivity index (χ2n) is 8.29. The average molecular weight is 463 g/mol. The number of hydrogen-bond donors (Lipinski definition) is 0. The van der Waals surface area contributed by atoms with Crippen molar-refractivity contribution < 1.29 is 23.0 Å². The van der Waals surface area contributed by atoms with Crippen LogP contribution in [0, 0.1) is 11.6 Å². The molecule has 5 heteroatoms. The van der Waals surface area contributed by atoms with E-state index < -0.39 is 17.6 Å². The summed E-state index contributed by atoms with van der Waals surface area (Å²) in [6.07, 6.45) is 8.03. The Labute approximate surface area is 198 Å². The number of hydrogen-bond acceptors (Lipinski definition) is 3. The molecule has 1 atom stereocenters. The Balaban J connectivity index is 2.32. The molecule has 0 fully saturated rings. The molecule has 2 aromatic rings. The molecule has 0 heterocycles. The molecule has 1 unspecified atom stereocenters. The molecule has 0 aromatic heterocycles. The molecule has 3 nitrogen and oxygen atoms in total. The third-order valence-electron chi connectivity index (χ3n) is 5.82. The minimum absolute atomic E-state index is 0.123. The van der Waals surface area contributed by atoms with Gasteiger partial charge in [0.1, 0.15) is 11.6 Å². The molecule has 184 valence electrons. The Morgan fingerprint density at radius 2 is 1.18 bits per heavy atom. The van der Waals surface area contributed by atoms with Gasteiger partial charge >= 0.3 is 0 Å². The number of rotatable bonds is 16. The van der Waals surface area contributed by atoms with Crippen LogP contribution in [0.1, 0.15) is 84.1 Å². The molecule has 0 radical (unpaired) electrons. The smallest absolute Gasteiger partial charge is 0.290 e. The Hall–Kier alpha value is -1.82. The van der Waals surface area contributed by atoms with E-state index >= 15 is 0 Å². The van der Waals surface area contributed by atoms with Gasteiger partial charge in [-0.1, -0.05) is 69.7 Å². The lowest BCUT2D eigenvalue weighted by atomic mass is 9.89. The van der Waals surface area contributed by atoms with Crippen molar-refractivity contribution in [1.82, 2.24) is 0 Å². The van der Waals surface area contributed by atoms with E-state index in [4.69, 9.17) is 14.2 Å². The fourth-order valence-corrected chi connectivity index (χ4v) is 4.34. The van der Waals surface area contributed by atoms with Crippen LogP contribution < -0.4 is 0 Å². The number of benzene rings is 2. The quantitative estimate of drug-likeness (QED) is 0.186. The Morgan fingerprint density at radius 1 is 0.667 bits per heavy atom. The van der Waals surface area contributed by atoms with Crippen LogP contribution in [-0.2, 0) is 14.2 Å². The number of halogens is 2. The van der Waals surface area contributed by atoms with Crippen LogP contribution in [-0.4, -0.2) is 25.8 Å². The summed E-state index contributed by atoms with van der Waals surface area (Å²) in [6.45, 7) is 9.44. The van der Waals surface area contributed by atoms with Crippen LogP contribution in [0.4, 0.5) is 8.78 Å². The zero-order valence-electron chi connectivity index (χ0n) is 20.7. The molecule has 0 aliphatic heterocycles. The Bertz CT molecular complexity index is 770.